The standard InChI is InChI=1S/C16H15BrN2O4S2/c1-24-5-4-11(16(22)23)19-7-25-13(15(19)21)12-9-6-8(17)2-3-10(9)18-14(12)20/h2-3,6,11H,4-5,7H2,1H3,(H,18,20)(H,22,23)/b13-12-/t11-/m1/s1. The summed E-state index contributed by atoms with van der Waals surface area (Å²) in [4.78, 5) is 38.4. The second kappa shape index (κ2) is 7.43. The second-order valence-corrected chi connectivity index (χ2v) is 8.39. The van der Waals surface area contributed by atoms with Crippen LogP contribution in [0.5, 0.6) is 0 Å². The van der Waals surface area contributed by atoms with E-state index < -0.39 is 17.9 Å². The Bertz CT molecular complexity index is 796. The van der Waals surface area contributed by atoms with Crippen molar-refractivity contribution < 1.29 is 19.5 Å². The number of nitrogens with zero attached hydrogens (tertiary/aromatic N) is 1. The number of carboxylic acids is 1. The minimum atomic E-state index is -1.02. The zero-order chi connectivity index (χ0) is 18.1. The summed E-state index contributed by atoms with van der Waals surface area (Å²) in [5.41, 5.74) is 1.63. The fourth-order valence-corrected chi connectivity index (χ4v) is 4.78. The molecule has 0 spiro atoms. The molecular weight excluding hydrogens is 428 g/mol. The number of anilines is 1. The average Bonchev–Trinajstić information content (AvgIpc) is 3.07. The highest BCUT2D eigenvalue weighted by atomic mass is 79.9. The third kappa shape index (κ3) is 3.45. The van der Waals surface area contributed by atoms with E-state index in [1.807, 2.05) is 12.3 Å². The first-order valence-electron chi connectivity index (χ1n) is 7.45. The molecule has 3 rings (SSSR count). The van der Waals surface area contributed by atoms with Gasteiger partial charge in [0.05, 0.1) is 16.4 Å². The Balaban J connectivity index is 1.96. The largest absolute Gasteiger partial charge is 0.480 e. The lowest BCUT2D eigenvalue weighted by atomic mass is 10.1. The lowest BCUT2D eigenvalue weighted by Crippen LogP contribution is -2.42. The highest BCUT2D eigenvalue weighted by Crippen LogP contribution is 2.42. The van der Waals surface area contributed by atoms with E-state index in [4.69, 9.17) is 0 Å². The Kier molecular flexibility index (Phi) is 5.45. The summed E-state index contributed by atoms with van der Waals surface area (Å²) >= 11 is 6.13. The smallest absolute Gasteiger partial charge is 0.326 e. The third-order valence-corrected chi connectivity index (χ3v) is 6.22. The maximum absolute atomic E-state index is 12.8. The van der Waals surface area contributed by atoms with Gasteiger partial charge in [-0.1, -0.05) is 27.7 Å². The van der Waals surface area contributed by atoms with Crippen molar-refractivity contribution in [2.24, 2.45) is 0 Å². The molecule has 2 amide bonds. The topological polar surface area (TPSA) is 86.7 Å². The molecule has 2 heterocycles. The highest BCUT2D eigenvalue weighted by Gasteiger charge is 2.40. The van der Waals surface area contributed by atoms with Gasteiger partial charge < -0.3 is 15.3 Å². The summed E-state index contributed by atoms with van der Waals surface area (Å²) in [5.74, 6) is -0.862. The van der Waals surface area contributed by atoms with E-state index in [9.17, 15) is 19.5 Å². The molecule has 1 saturated heterocycles. The van der Waals surface area contributed by atoms with Gasteiger partial charge in [0.25, 0.3) is 11.8 Å². The number of hydrogen-bond donors (Lipinski definition) is 2. The number of rotatable bonds is 5. The van der Waals surface area contributed by atoms with E-state index in [2.05, 4.69) is 21.2 Å². The lowest BCUT2D eigenvalue weighted by molar-refractivity contribution is -0.147. The number of halogens is 1. The van der Waals surface area contributed by atoms with Crippen LogP contribution < -0.4 is 5.32 Å². The number of nitrogens with one attached hydrogen (secondary N) is 1. The van der Waals surface area contributed by atoms with Gasteiger partial charge in [-0.05, 0) is 36.6 Å². The number of carbonyl (C=O) groups excluding carboxylic acids is 2. The monoisotopic (exact) mass is 442 g/mol. The minimum Gasteiger partial charge on any atom is -0.480 e. The summed E-state index contributed by atoms with van der Waals surface area (Å²) < 4.78 is 0.802. The van der Waals surface area contributed by atoms with Crippen LogP contribution in [0.1, 0.15) is 12.0 Å². The van der Waals surface area contributed by atoms with Crippen molar-refractivity contribution in [1.29, 1.82) is 0 Å². The van der Waals surface area contributed by atoms with Crippen LogP contribution in [-0.2, 0) is 14.4 Å². The van der Waals surface area contributed by atoms with Crippen molar-refractivity contribution >= 4 is 68.5 Å². The third-order valence-electron chi connectivity index (χ3n) is 4.01. The molecule has 0 saturated carbocycles. The Morgan fingerprint density at radius 2 is 2.24 bits per heavy atom. The molecule has 1 aromatic carbocycles. The molecule has 2 N–H and O–H groups in total. The summed E-state index contributed by atoms with van der Waals surface area (Å²) in [7, 11) is 0. The second-order valence-electron chi connectivity index (χ2n) is 5.53. The Labute approximate surface area is 161 Å². The normalized spacial score (nSPS) is 20.6. The van der Waals surface area contributed by atoms with Crippen molar-refractivity contribution in [3.63, 3.8) is 0 Å². The van der Waals surface area contributed by atoms with Crippen molar-refractivity contribution in [2.45, 2.75) is 12.5 Å². The molecule has 132 valence electrons. The summed E-state index contributed by atoms with van der Waals surface area (Å²) in [6, 6.07) is 4.49. The van der Waals surface area contributed by atoms with Crippen LogP contribution in [0.25, 0.3) is 5.57 Å². The van der Waals surface area contributed by atoms with E-state index in [1.165, 1.54) is 28.4 Å². The SMILES string of the molecule is CSCC[C@H](C(=O)O)N1CS/C(=C2\C(=O)Nc3ccc(Br)cc32)C1=O. The van der Waals surface area contributed by atoms with Crippen LogP contribution in [0.3, 0.4) is 0 Å². The van der Waals surface area contributed by atoms with E-state index in [0.29, 0.717) is 33.9 Å². The molecule has 1 atom stereocenters. The molecule has 2 aliphatic rings. The minimum absolute atomic E-state index is 0.236. The maximum Gasteiger partial charge on any atom is 0.326 e. The Morgan fingerprint density at radius 3 is 2.92 bits per heavy atom. The fraction of sp³-hybridized carbons (Fsp3) is 0.312. The molecule has 0 aromatic heterocycles. The van der Waals surface area contributed by atoms with Crippen molar-refractivity contribution in [3.8, 4) is 0 Å². The first-order chi connectivity index (χ1) is 11.9. The van der Waals surface area contributed by atoms with Gasteiger partial charge >= 0.3 is 5.97 Å². The maximum atomic E-state index is 12.8. The molecule has 2 aliphatic heterocycles. The van der Waals surface area contributed by atoms with Crippen LogP contribution >= 0.6 is 39.5 Å². The molecule has 1 fully saturated rings. The number of aliphatic carboxylic acids is 1. The number of carboxylic acid groups (broad SMARTS) is 1. The van der Waals surface area contributed by atoms with Gasteiger partial charge in [0, 0.05) is 15.7 Å². The number of carbonyl (C=O) groups is 3. The molecule has 0 unspecified atom stereocenters. The molecule has 25 heavy (non-hydrogen) atoms. The first-order valence-corrected chi connectivity index (χ1v) is 10.6. The Morgan fingerprint density at radius 1 is 1.48 bits per heavy atom. The van der Waals surface area contributed by atoms with Gasteiger partial charge in [0.15, 0.2) is 0 Å². The average molecular weight is 443 g/mol. The van der Waals surface area contributed by atoms with Crippen molar-refractivity contribution in [1.82, 2.24) is 4.90 Å². The number of benzene rings is 1. The van der Waals surface area contributed by atoms with Crippen molar-refractivity contribution in [3.05, 3.63) is 33.1 Å². The Hall–Kier alpha value is -1.45. The molecule has 1 aromatic rings. The lowest BCUT2D eigenvalue weighted by Gasteiger charge is -2.22. The zero-order valence-corrected chi connectivity index (χ0v) is 16.5. The van der Waals surface area contributed by atoms with E-state index in [1.54, 1.807) is 12.1 Å². The van der Waals surface area contributed by atoms with Gasteiger partial charge in [-0.2, -0.15) is 11.8 Å². The van der Waals surface area contributed by atoms with E-state index >= 15 is 0 Å². The van der Waals surface area contributed by atoms with Crippen LogP contribution in [0.4, 0.5) is 5.69 Å². The molecule has 0 bridgehead atoms. The molecular formula is C16H15BrN2O4S2. The van der Waals surface area contributed by atoms with Crippen LogP contribution in [0.2, 0.25) is 0 Å². The summed E-state index contributed by atoms with van der Waals surface area (Å²) in [6.07, 6.45) is 2.27. The highest BCUT2D eigenvalue weighted by molar-refractivity contribution is 9.10. The van der Waals surface area contributed by atoms with E-state index in [-0.39, 0.29) is 11.8 Å². The van der Waals surface area contributed by atoms with Gasteiger partial charge in [-0.25, -0.2) is 4.79 Å². The molecule has 9 heteroatoms. The van der Waals surface area contributed by atoms with Crippen LogP contribution in [0, 0.1) is 0 Å². The fourth-order valence-electron chi connectivity index (χ4n) is 2.80. The molecule has 0 aliphatic carbocycles. The molecule has 0 radical (unpaired) electrons. The molecule has 6 nitrogen and oxygen atoms in total. The number of thioether (sulfide) groups is 2. The quantitative estimate of drug-likeness (QED) is 0.681. The van der Waals surface area contributed by atoms with Crippen LogP contribution in [0.15, 0.2) is 27.6 Å². The first kappa shape index (κ1) is 18.3. The van der Waals surface area contributed by atoms with E-state index in [0.717, 1.165) is 4.47 Å². The number of fused-ring (bicyclic) bond motifs is 1. The predicted octanol–water partition coefficient (Wildman–Crippen LogP) is 2.85. The van der Waals surface area contributed by atoms with Gasteiger partial charge in [0.1, 0.15) is 6.04 Å². The zero-order valence-electron chi connectivity index (χ0n) is 13.2. The van der Waals surface area contributed by atoms with Crippen molar-refractivity contribution in [2.75, 3.05) is 23.2 Å². The van der Waals surface area contributed by atoms with Gasteiger partial charge in [0.2, 0.25) is 0 Å². The van der Waals surface area contributed by atoms with Gasteiger partial charge in [-0.15, -0.1) is 0 Å². The van der Waals surface area contributed by atoms with Crippen LogP contribution in [-0.4, -0.2) is 51.7 Å². The number of hydrogen-bond acceptors (Lipinski definition) is 5. The summed E-state index contributed by atoms with van der Waals surface area (Å²) in [5, 5.41) is 12.2. The predicted molar refractivity (Wildman–Crippen MR) is 103 cm³/mol. The van der Waals surface area contributed by atoms with Gasteiger partial charge in [-0.3, -0.25) is 9.59 Å². The number of amides is 2. The summed E-state index contributed by atoms with van der Waals surface area (Å²) in [6.45, 7) is 0.